The molecule has 0 atom stereocenters. The van der Waals surface area contributed by atoms with Gasteiger partial charge in [0.1, 0.15) is 5.82 Å². The third-order valence-electron chi connectivity index (χ3n) is 3.31. The predicted octanol–water partition coefficient (Wildman–Crippen LogP) is 3.23. The minimum Gasteiger partial charge on any atom is -0.354 e. The van der Waals surface area contributed by atoms with Crippen molar-refractivity contribution in [2.45, 2.75) is 33.9 Å². The van der Waals surface area contributed by atoms with Crippen molar-refractivity contribution in [3.63, 3.8) is 0 Å². The first-order valence-electron chi connectivity index (χ1n) is 7.32. The Hall–Kier alpha value is -1.46. The van der Waals surface area contributed by atoms with Gasteiger partial charge in [0.15, 0.2) is 0 Å². The van der Waals surface area contributed by atoms with Crippen LogP contribution in [0.15, 0.2) is 23.8 Å². The van der Waals surface area contributed by atoms with Crippen molar-refractivity contribution in [1.82, 2.24) is 15.3 Å². The number of anilines is 1. The van der Waals surface area contributed by atoms with Gasteiger partial charge < -0.3 is 10.2 Å². The topological polar surface area (TPSA) is 41.1 Å². The predicted molar refractivity (Wildman–Crippen MR) is 89.7 cm³/mol. The largest absolute Gasteiger partial charge is 0.354 e. The van der Waals surface area contributed by atoms with Crippen LogP contribution in [-0.2, 0) is 13.1 Å². The number of hydrogen-bond acceptors (Lipinski definition) is 5. The van der Waals surface area contributed by atoms with Gasteiger partial charge in [-0.25, -0.2) is 9.97 Å². The van der Waals surface area contributed by atoms with E-state index in [0.717, 1.165) is 31.1 Å². The van der Waals surface area contributed by atoms with E-state index in [1.54, 1.807) is 11.3 Å². The van der Waals surface area contributed by atoms with Crippen LogP contribution in [0.2, 0.25) is 0 Å². The number of rotatable bonds is 7. The van der Waals surface area contributed by atoms with E-state index < -0.39 is 0 Å². The lowest BCUT2D eigenvalue weighted by Gasteiger charge is -2.18. The molecule has 0 spiro atoms. The Kier molecular flexibility index (Phi) is 5.70. The summed E-state index contributed by atoms with van der Waals surface area (Å²) in [7, 11) is 2.07. The minimum absolute atomic E-state index is 0.672. The molecule has 0 bridgehead atoms. The van der Waals surface area contributed by atoms with Crippen LogP contribution in [0, 0.1) is 12.8 Å². The average molecular weight is 304 g/mol. The first-order chi connectivity index (χ1) is 10.1. The van der Waals surface area contributed by atoms with Gasteiger partial charge in [-0.1, -0.05) is 19.9 Å². The van der Waals surface area contributed by atoms with Gasteiger partial charge >= 0.3 is 0 Å². The Bertz CT molecular complexity index is 548. The van der Waals surface area contributed by atoms with Gasteiger partial charge in [0.2, 0.25) is 0 Å². The molecule has 0 fully saturated rings. The smallest absolute Gasteiger partial charge is 0.128 e. The molecule has 0 aromatic carbocycles. The highest BCUT2D eigenvalue weighted by Gasteiger charge is 2.07. The van der Waals surface area contributed by atoms with Crippen molar-refractivity contribution in [3.8, 4) is 0 Å². The van der Waals surface area contributed by atoms with Crippen molar-refractivity contribution >= 4 is 17.2 Å². The van der Waals surface area contributed by atoms with Crippen LogP contribution in [-0.4, -0.2) is 23.6 Å². The van der Waals surface area contributed by atoms with Gasteiger partial charge in [-0.2, -0.15) is 0 Å². The summed E-state index contributed by atoms with van der Waals surface area (Å²) < 4.78 is 0. The third-order valence-corrected chi connectivity index (χ3v) is 4.23. The highest BCUT2D eigenvalue weighted by atomic mass is 32.1. The zero-order chi connectivity index (χ0) is 15.2. The second kappa shape index (κ2) is 7.52. The molecule has 0 amide bonds. The Labute approximate surface area is 131 Å². The van der Waals surface area contributed by atoms with Crippen LogP contribution in [0.5, 0.6) is 0 Å². The Morgan fingerprint density at radius 2 is 2.10 bits per heavy atom. The number of aromatic nitrogens is 2. The molecule has 0 aliphatic rings. The van der Waals surface area contributed by atoms with Crippen LogP contribution >= 0.6 is 11.3 Å². The van der Waals surface area contributed by atoms with Crippen molar-refractivity contribution in [1.29, 1.82) is 0 Å². The molecule has 0 unspecified atom stereocenters. The Morgan fingerprint density at radius 1 is 1.29 bits per heavy atom. The summed E-state index contributed by atoms with van der Waals surface area (Å²) in [4.78, 5) is 12.3. The molecule has 2 aromatic rings. The van der Waals surface area contributed by atoms with Crippen LogP contribution in [0.25, 0.3) is 0 Å². The summed E-state index contributed by atoms with van der Waals surface area (Å²) in [5, 5.41) is 3.43. The van der Waals surface area contributed by atoms with Gasteiger partial charge in [0.25, 0.3) is 0 Å². The maximum absolute atomic E-state index is 4.56. The van der Waals surface area contributed by atoms with Gasteiger partial charge in [-0.05, 0) is 31.0 Å². The van der Waals surface area contributed by atoms with E-state index >= 15 is 0 Å². The lowest BCUT2D eigenvalue weighted by molar-refractivity contribution is 0.552. The summed E-state index contributed by atoms with van der Waals surface area (Å²) in [5.74, 6) is 1.67. The quantitative estimate of drug-likeness (QED) is 0.852. The van der Waals surface area contributed by atoms with Crippen LogP contribution in [0.3, 0.4) is 0 Å². The molecule has 0 saturated heterocycles. The number of aryl methyl sites for hydroxylation is 1. The summed E-state index contributed by atoms with van der Waals surface area (Å²) in [6.07, 6.45) is 1.96. The van der Waals surface area contributed by atoms with Gasteiger partial charge in [-0.3, -0.25) is 0 Å². The molecular formula is C16H24N4S. The standard InChI is InChI=1S/C16H24N4S/c1-12(2)7-17-8-14-5-6-16(18-9-14)20(4)10-15-13(3)19-11-21-15/h5-6,9,11-12,17H,7-8,10H2,1-4H3. The molecule has 2 heterocycles. The number of nitrogens with zero attached hydrogens (tertiary/aromatic N) is 3. The van der Waals surface area contributed by atoms with Crippen molar-refractivity contribution in [2.24, 2.45) is 5.92 Å². The van der Waals surface area contributed by atoms with Gasteiger partial charge in [0.05, 0.1) is 17.7 Å². The van der Waals surface area contributed by atoms with E-state index in [1.807, 2.05) is 11.7 Å². The number of pyridine rings is 1. The number of nitrogens with one attached hydrogen (secondary N) is 1. The minimum atomic E-state index is 0.672. The van der Waals surface area contributed by atoms with Crippen molar-refractivity contribution < 1.29 is 0 Å². The second-order valence-electron chi connectivity index (χ2n) is 5.77. The first-order valence-corrected chi connectivity index (χ1v) is 8.20. The lowest BCUT2D eigenvalue weighted by atomic mass is 10.2. The summed E-state index contributed by atoms with van der Waals surface area (Å²) in [6, 6.07) is 4.23. The Morgan fingerprint density at radius 3 is 2.67 bits per heavy atom. The lowest BCUT2D eigenvalue weighted by Crippen LogP contribution is -2.20. The van der Waals surface area contributed by atoms with E-state index in [2.05, 4.69) is 60.1 Å². The molecule has 5 heteroatoms. The SMILES string of the molecule is Cc1ncsc1CN(C)c1ccc(CNCC(C)C)cn1. The summed E-state index contributed by atoms with van der Waals surface area (Å²) in [5.41, 5.74) is 4.23. The molecular weight excluding hydrogens is 280 g/mol. The van der Waals surface area contributed by atoms with Gasteiger partial charge in [-0.15, -0.1) is 11.3 Å². The second-order valence-corrected chi connectivity index (χ2v) is 6.71. The maximum atomic E-state index is 4.56. The molecule has 0 radical (unpaired) electrons. The fraction of sp³-hybridized carbons (Fsp3) is 0.500. The van der Waals surface area contributed by atoms with E-state index in [1.165, 1.54) is 10.4 Å². The maximum Gasteiger partial charge on any atom is 0.128 e. The zero-order valence-electron chi connectivity index (χ0n) is 13.3. The number of thiazole rings is 1. The van der Waals surface area contributed by atoms with Crippen LogP contribution in [0.4, 0.5) is 5.82 Å². The fourth-order valence-corrected chi connectivity index (χ4v) is 2.86. The zero-order valence-corrected chi connectivity index (χ0v) is 14.1. The van der Waals surface area contributed by atoms with Gasteiger partial charge in [0, 0.05) is 24.7 Å². The molecule has 0 aliphatic heterocycles. The first kappa shape index (κ1) is 15.9. The van der Waals surface area contributed by atoms with Crippen molar-refractivity contribution in [3.05, 3.63) is 40.0 Å². The Balaban J connectivity index is 1.90. The highest BCUT2D eigenvalue weighted by Crippen LogP contribution is 2.18. The highest BCUT2D eigenvalue weighted by molar-refractivity contribution is 7.09. The molecule has 4 nitrogen and oxygen atoms in total. The van der Waals surface area contributed by atoms with Crippen molar-refractivity contribution in [2.75, 3.05) is 18.5 Å². The molecule has 114 valence electrons. The van der Waals surface area contributed by atoms with E-state index in [0.29, 0.717) is 5.92 Å². The summed E-state index contributed by atoms with van der Waals surface area (Å²) >= 11 is 1.70. The molecule has 1 N–H and O–H groups in total. The average Bonchev–Trinajstić information content (AvgIpc) is 2.84. The normalized spacial score (nSPS) is 11.1. The fourth-order valence-electron chi connectivity index (χ4n) is 2.03. The third kappa shape index (κ3) is 4.79. The summed E-state index contributed by atoms with van der Waals surface area (Å²) in [6.45, 7) is 9.25. The van der Waals surface area contributed by atoms with E-state index in [9.17, 15) is 0 Å². The molecule has 21 heavy (non-hydrogen) atoms. The molecule has 0 aliphatic carbocycles. The molecule has 0 saturated carbocycles. The molecule has 2 rings (SSSR count). The van der Waals surface area contributed by atoms with Crippen LogP contribution in [0.1, 0.15) is 30.0 Å². The monoisotopic (exact) mass is 304 g/mol. The van der Waals surface area contributed by atoms with Crippen LogP contribution < -0.4 is 10.2 Å². The van der Waals surface area contributed by atoms with E-state index in [-0.39, 0.29) is 0 Å². The van der Waals surface area contributed by atoms with E-state index in [4.69, 9.17) is 0 Å². The molecule has 2 aromatic heterocycles. The number of hydrogen-bond donors (Lipinski definition) is 1.